The van der Waals surface area contributed by atoms with E-state index in [1.165, 1.54) is 0 Å². The lowest BCUT2D eigenvalue weighted by molar-refractivity contribution is -0.143. The molecule has 1 aliphatic heterocycles. The maximum atomic E-state index is 11.7. The van der Waals surface area contributed by atoms with Gasteiger partial charge in [-0.05, 0) is 38.8 Å². The molecule has 0 spiro atoms. The van der Waals surface area contributed by atoms with E-state index >= 15 is 0 Å². The number of hydrogen-bond acceptors (Lipinski definition) is 5. The monoisotopic (exact) mass is 249 g/mol. The van der Waals surface area contributed by atoms with Crippen molar-refractivity contribution in [1.29, 1.82) is 0 Å². The molecule has 0 saturated carbocycles. The molecular weight excluding hydrogens is 230 g/mol. The Bertz CT molecular complexity index is 333. The molecule has 5 nitrogen and oxygen atoms in total. The largest absolute Gasteiger partial charge is 0.465 e. The Labute approximate surface area is 96.5 Å². The maximum Gasteiger partial charge on any atom is 0.324 e. The van der Waals surface area contributed by atoms with Crippen LogP contribution in [0.5, 0.6) is 0 Å². The van der Waals surface area contributed by atoms with Crippen LogP contribution in [-0.4, -0.2) is 45.6 Å². The van der Waals surface area contributed by atoms with Gasteiger partial charge in [0, 0.05) is 6.26 Å². The van der Waals surface area contributed by atoms with Crippen molar-refractivity contribution < 1.29 is 17.9 Å². The number of rotatable bonds is 4. The minimum Gasteiger partial charge on any atom is -0.465 e. The summed E-state index contributed by atoms with van der Waals surface area (Å²) in [5.74, 6) is -0.716. The fraction of sp³-hybridized carbons (Fsp3) is 0.900. The van der Waals surface area contributed by atoms with E-state index in [1.54, 1.807) is 6.92 Å². The molecular formula is C10H19NO4S. The minimum absolute atomic E-state index is 0.115. The minimum atomic E-state index is -3.39. The van der Waals surface area contributed by atoms with Crippen LogP contribution in [0.25, 0.3) is 0 Å². The van der Waals surface area contributed by atoms with Gasteiger partial charge in [0.05, 0.1) is 6.61 Å². The molecule has 0 aromatic heterocycles. The van der Waals surface area contributed by atoms with Gasteiger partial charge in [-0.3, -0.25) is 4.79 Å². The Morgan fingerprint density at radius 1 is 1.44 bits per heavy atom. The van der Waals surface area contributed by atoms with Crippen molar-refractivity contribution in [2.45, 2.75) is 25.0 Å². The summed E-state index contributed by atoms with van der Waals surface area (Å²) in [7, 11) is -3.39. The van der Waals surface area contributed by atoms with Gasteiger partial charge in [-0.1, -0.05) is 0 Å². The summed E-state index contributed by atoms with van der Waals surface area (Å²) in [5, 5.41) is 2.15. The predicted molar refractivity (Wildman–Crippen MR) is 60.9 cm³/mol. The number of piperidine rings is 1. The second kappa shape index (κ2) is 5.63. The molecule has 0 aromatic rings. The molecule has 1 atom stereocenters. The molecule has 1 heterocycles. The van der Waals surface area contributed by atoms with Gasteiger partial charge in [0.2, 0.25) is 0 Å². The van der Waals surface area contributed by atoms with Crippen LogP contribution < -0.4 is 5.32 Å². The molecule has 1 rings (SSSR count). The lowest BCUT2D eigenvalue weighted by Gasteiger charge is -2.27. The van der Waals surface area contributed by atoms with E-state index in [1.807, 2.05) is 0 Å². The van der Waals surface area contributed by atoms with Crippen LogP contribution >= 0.6 is 0 Å². The summed E-state index contributed by atoms with van der Waals surface area (Å²) in [4.78, 5) is 11.7. The summed E-state index contributed by atoms with van der Waals surface area (Å²) in [6.07, 6.45) is 2.52. The summed E-state index contributed by atoms with van der Waals surface area (Å²) < 4.78 is 28.1. The highest BCUT2D eigenvalue weighted by molar-refractivity contribution is 7.92. The molecule has 16 heavy (non-hydrogen) atoms. The predicted octanol–water partition coefficient (Wildman–Crippen LogP) is -0.0377. The highest BCUT2D eigenvalue weighted by Crippen LogP contribution is 2.23. The lowest BCUT2D eigenvalue weighted by atomic mass is 9.94. The van der Waals surface area contributed by atoms with Gasteiger partial charge < -0.3 is 10.1 Å². The Morgan fingerprint density at radius 3 is 2.44 bits per heavy atom. The maximum absolute atomic E-state index is 11.7. The second-order valence-electron chi connectivity index (χ2n) is 4.09. The van der Waals surface area contributed by atoms with E-state index in [9.17, 15) is 13.2 Å². The number of esters is 1. The number of ether oxygens (including phenoxy) is 1. The Balaban J connectivity index is 2.82. The highest BCUT2D eigenvalue weighted by atomic mass is 32.2. The third-order valence-corrected chi connectivity index (χ3v) is 4.29. The molecule has 1 fully saturated rings. The summed E-state index contributed by atoms with van der Waals surface area (Å²) in [6.45, 7) is 3.42. The van der Waals surface area contributed by atoms with Crippen LogP contribution in [0, 0.1) is 5.92 Å². The second-order valence-corrected chi connectivity index (χ2v) is 6.26. The van der Waals surface area contributed by atoms with Crippen molar-refractivity contribution in [1.82, 2.24) is 5.32 Å². The molecule has 0 radical (unpaired) electrons. The first-order valence-electron chi connectivity index (χ1n) is 5.53. The molecule has 6 heteroatoms. The van der Waals surface area contributed by atoms with Gasteiger partial charge in [-0.2, -0.15) is 0 Å². The SMILES string of the molecule is CCOC(=O)C(C1CCNCC1)S(C)(=O)=O. The van der Waals surface area contributed by atoms with E-state index < -0.39 is 21.1 Å². The molecule has 0 bridgehead atoms. The van der Waals surface area contributed by atoms with Crippen LogP contribution in [0.4, 0.5) is 0 Å². The van der Waals surface area contributed by atoms with Crippen LogP contribution in [0.3, 0.4) is 0 Å². The van der Waals surface area contributed by atoms with E-state index in [-0.39, 0.29) is 12.5 Å². The quantitative estimate of drug-likeness (QED) is 0.708. The molecule has 1 N–H and O–H groups in total. The van der Waals surface area contributed by atoms with Crippen molar-refractivity contribution in [3.05, 3.63) is 0 Å². The van der Waals surface area contributed by atoms with E-state index in [0.717, 1.165) is 19.3 Å². The standard InChI is InChI=1S/C10H19NO4S/c1-3-15-10(12)9(16(2,13)14)8-4-6-11-7-5-8/h8-9,11H,3-7H2,1-2H3. The molecule has 1 aliphatic rings. The number of nitrogens with one attached hydrogen (secondary N) is 1. The first-order chi connectivity index (χ1) is 7.46. The van der Waals surface area contributed by atoms with E-state index in [4.69, 9.17) is 4.74 Å². The molecule has 0 amide bonds. The fourth-order valence-electron chi connectivity index (χ4n) is 2.09. The number of carbonyl (C=O) groups is 1. The zero-order chi connectivity index (χ0) is 12.2. The molecule has 0 aromatic carbocycles. The van der Waals surface area contributed by atoms with Gasteiger partial charge in [-0.15, -0.1) is 0 Å². The van der Waals surface area contributed by atoms with Crippen molar-refractivity contribution >= 4 is 15.8 Å². The van der Waals surface area contributed by atoms with E-state index in [0.29, 0.717) is 12.8 Å². The van der Waals surface area contributed by atoms with Gasteiger partial charge in [0.15, 0.2) is 15.1 Å². The average Bonchev–Trinajstić information content (AvgIpc) is 2.17. The molecule has 0 aliphatic carbocycles. The Hall–Kier alpha value is -0.620. The zero-order valence-electron chi connectivity index (χ0n) is 9.73. The number of carbonyl (C=O) groups excluding carboxylic acids is 1. The van der Waals surface area contributed by atoms with Crippen molar-refractivity contribution in [3.8, 4) is 0 Å². The third-order valence-electron chi connectivity index (χ3n) is 2.79. The smallest absolute Gasteiger partial charge is 0.324 e. The number of sulfone groups is 1. The van der Waals surface area contributed by atoms with E-state index in [2.05, 4.69) is 5.32 Å². The number of hydrogen-bond donors (Lipinski definition) is 1. The summed E-state index contributed by atoms with van der Waals surface area (Å²) in [6, 6.07) is 0. The molecule has 1 saturated heterocycles. The lowest BCUT2D eigenvalue weighted by Crippen LogP contribution is -2.43. The van der Waals surface area contributed by atoms with Gasteiger partial charge in [0.1, 0.15) is 0 Å². The van der Waals surface area contributed by atoms with Gasteiger partial charge in [0.25, 0.3) is 0 Å². The van der Waals surface area contributed by atoms with Crippen LogP contribution in [-0.2, 0) is 19.4 Å². The molecule has 94 valence electrons. The average molecular weight is 249 g/mol. The van der Waals surface area contributed by atoms with Crippen LogP contribution in [0.15, 0.2) is 0 Å². The Morgan fingerprint density at radius 2 is 2.00 bits per heavy atom. The normalized spacial score (nSPS) is 20.4. The van der Waals surface area contributed by atoms with Crippen LogP contribution in [0.1, 0.15) is 19.8 Å². The fourth-order valence-corrected chi connectivity index (χ4v) is 3.48. The summed E-state index contributed by atoms with van der Waals surface area (Å²) in [5.41, 5.74) is 0. The van der Waals surface area contributed by atoms with Crippen molar-refractivity contribution in [2.24, 2.45) is 5.92 Å². The van der Waals surface area contributed by atoms with Crippen molar-refractivity contribution in [3.63, 3.8) is 0 Å². The first-order valence-corrected chi connectivity index (χ1v) is 7.48. The van der Waals surface area contributed by atoms with Crippen molar-refractivity contribution in [2.75, 3.05) is 26.0 Å². The summed E-state index contributed by atoms with van der Waals surface area (Å²) >= 11 is 0. The first kappa shape index (κ1) is 13.4. The topological polar surface area (TPSA) is 72.5 Å². The highest BCUT2D eigenvalue weighted by Gasteiger charge is 2.38. The van der Waals surface area contributed by atoms with Gasteiger partial charge in [-0.25, -0.2) is 8.42 Å². The van der Waals surface area contributed by atoms with Gasteiger partial charge >= 0.3 is 5.97 Å². The molecule has 1 unspecified atom stereocenters. The van der Waals surface area contributed by atoms with Crippen LogP contribution in [0.2, 0.25) is 0 Å². The zero-order valence-corrected chi connectivity index (χ0v) is 10.5. The Kier molecular flexibility index (Phi) is 4.73. The third kappa shape index (κ3) is 3.45.